The van der Waals surface area contributed by atoms with E-state index in [0.29, 0.717) is 6.42 Å². The van der Waals surface area contributed by atoms with Crippen LogP contribution in [0, 0.1) is 12.8 Å². The lowest BCUT2D eigenvalue weighted by Gasteiger charge is -2.42. The number of nitrogens with one attached hydrogen (secondary N) is 1. The maximum absolute atomic E-state index is 12.9. The van der Waals surface area contributed by atoms with Crippen LogP contribution >= 0.6 is 10.6 Å². The molecule has 1 aliphatic rings. The fourth-order valence-corrected chi connectivity index (χ4v) is 5.24. The zero-order valence-corrected chi connectivity index (χ0v) is 17.0. The van der Waals surface area contributed by atoms with Gasteiger partial charge in [-0.2, -0.15) is 15.3 Å². The molecule has 1 amide bonds. The van der Waals surface area contributed by atoms with E-state index in [2.05, 4.69) is 4.72 Å². The molecule has 1 atom stereocenters. The van der Waals surface area contributed by atoms with Gasteiger partial charge in [0.05, 0.1) is 16.4 Å². The minimum Gasteiger partial charge on any atom is -0.338 e. The second kappa shape index (κ2) is 8.26. The van der Waals surface area contributed by atoms with Gasteiger partial charge < -0.3 is 4.90 Å². The molecule has 1 fully saturated rings. The summed E-state index contributed by atoms with van der Waals surface area (Å²) in [6.07, 6.45) is 0.372. The topological polar surface area (TPSA) is 107 Å². The Morgan fingerprint density at radius 2 is 1.73 bits per heavy atom. The quantitative estimate of drug-likeness (QED) is 0.674. The van der Waals surface area contributed by atoms with Gasteiger partial charge in [0.2, 0.25) is 15.9 Å². The minimum atomic E-state index is -3.82. The van der Waals surface area contributed by atoms with E-state index in [9.17, 15) is 22.3 Å². The number of hydrogen-bond donors (Lipinski definition) is 3. The zero-order valence-electron chi connectivity index (χ0n) is 15.4. The standard InChI is InChI=1S/C17H28N2O5S2/c1-13(2)12-16(17(20)19-8-10-25(21,22)11-9-19)18-26(23,24)15-6-4-14(3)5-7-15/h4-7,13,16,18,21-22H,8-12H2,1-3H3/t16-/m0/s1. The minimum absolute atomic E-state index is 0.120. The fraction of sp³-hybridized carbons (Fsp3) is 0.588. The first-order chi connectivity index (χ1) is 12.0. The molecule has 0 aromatic heterocycles. The highest BCUT2D eigenvalue weighted by molar-refractivity contribution is 8.24. The highest BCUT2D eigenvalue weighted by atomic mass is 32.3. The van der Waals surface area contributed by atoms with Crippen LogP contribution in [0.4, 0.5) is 0 Å². The maximum Gasteiger partial charge on any atom is 0.241 e. The molecule has 1 aromatic carbocycles. The van der Waals surface area contributed by atoms with E-state index < -0.39 is 26.7 Å². The Balaban J connectivity index is 2.16. The Labute approximate surface area is 157 Å². The van der Waals surface area contributed by atoms with Gasteiger partial charge in [0.15, 0.2) is 0 Å². The van der Waals surface area contributed by atoms with E-state index >= 15 is 0 Å². The van der Waals surface area contributed by atoms with Crippen molar-refractivity contribution in [3.8, 4) is 0 Å². The molecule has 1 aliphatic heterocycles. The molecule has 1 saturated heterocycles. The molecule has 7 nitrogen and oxygen atoms in total. The Kier molecular flexibility index (Phi) is 6.73. The number of rotatable bonds is 6. The maximum atomic E-state index is 12.9. The van der Waals surface area contributed by atoms with Crippen molar-refractivity contribution in [1.29, 1.82) is 0 Å². The summed E-state index contributed by atoms with van der Waals surface area (Å²) < 4.78 is 47.3. The molecule has 9 heteroatoms. The Hall–Kier alpha value is -1.13. The fourth-order valence-electron chi connectivity index (χ4n) is 2.81. The summed E-state index contributed by atoms with van der Waals surface area (Å²) in [6.45, 7) is 6.17. The van der Waals surface area contributed by atoms with Crippen molar-refractivity contribution in [3.63, 3.8) is 0 Å². The van der Waals surface area contributed by atoms with Crippen molar-refractivity contribution >= 4 is 26.5 Å². The Morgan fingerprint density at radius 3 is 2.23 bits per heavy atom. The van der Waals surface area contributed by atoms with E-state index in [4.69, 9.17) is 0 Å². The largest absolute Gasteiger partial charge is 0.338 e. The second-order valence-corrected chi connectivity index (χ2v) is 11.3. The molecule has 0 unspecified atom stereocenters. The van der Waals surface area contributed by atoms with Crippen LogP contribution in [0.3, 0.4) is 0 Å². The molecule has 0 aliphatic carbocycles. The zero-order chi connectivity index (χ0) is 19.5. The van der Waals surface area contributed by atoms with Crippen molar-refractivity contribution in [3.05, 3.63) is 29.8 Å². The number of aryl methyl sites for hydroxylation is 1. The number of benzene rings is 1. The van der Waals surface area contributed by atoms with Gasteiger partial charge in [0.25, 0.3) is 0 Å². The van der Waals surface area contributed by atoms with Crippen molar-refractivity contribution in [2.45, 2.75) is 38.1 Å². The molecule has 1 heterocycles. The highest BCUT2D eigenvalue weighted by Gasteiger charge is 2.33. The predicted octanol–water partition coefficient (Wildman–Crippen LogP) is 2.28. The van der Waals surface area contributed by atoms with Gasteiger partial charge in [-0.25, -0.2) is 8.42 Å². The normalized spacial score (nSPS) is 20.0. The smallest absolute Gasteiger partial charge is 0.241 e. The number of carbonyl (C=O) groups excluding carboxylic acids is 1. The van der Waals surface area contributed by atoms with Gasteiger partial charge in [0.1, 0.15) is 6.04 Å². The third-order valence-corrected chi connectivity index (χ3v) is 7.48. The number of amides is 1. The van der Waals surface area contributed by atoms with Gasteiger partial charge in [0, 0.05) is 13.1 Å². The van der Waals surface area contributed by atoms with Gasteiger partial charge in [-0.05, 0) is 31.4 Å². The summed E-state index contributed by atoms with van der Waals surface area (Å²) in [5, 5.41) is 0. The molecule has 3 N–H and O–H groups in total. The third-order valence-electron chi connectivity index (χ3n) is 4.32. The second-order valence-electron chi connectivity index (χ2n) is 7.15. The van der Waals surface area contributed by atoms with Gasteiger partial charge in [-0.3, -0.25) is 13.9 Å². The number of carbonyl (C=O) groups is 1. The van der Waals surface area contributed by atoms with Gasteiger partial charge in [-0.15, -0.1) is 0 Å². The molecular weight excluding hydrogens is 376 g/mol. The molecular formula is C17H28N2O5S2. The van der Waals surface area contributed by atoms with Crippen molar-refractivity contribution in [1.82, 2.24) is 9.62 Å². The van der Waals surface area contributed by atoms with Crippen molar-refractivity contribution < 1.29 is 22.3 Å². The van der Waals surface area contributed by atoms with Crippen molar-refractivity contribution in [2.24, 2.45) is 5.92 Å². The highest BCUT2D eigenvalue weighted by Crippen LogP contribution is 2.40. The Bertz CT molecular complexity index is 722. The van der Waals surface area contributed by atoms with Crippen LogP contribution in [0.1, 0.15) is 25.8 Å². The first kappa shape index (κ1) is 21.2. The first-order valence-corrected chi connectivity index (χ1v) is 12.0. The third kappa shape index (κ3) is 5.68. The molecule has 2 rings (SSSR count). The van der Waals surface area contributed by atoms with E-state index in [0.717, 1.165) is 5.56 Å². The molecule has 26 heavy (non-hydrogen) atoms. The van der Waals surface area contributed by atoms with Crippen LogP contribution < -0.4 is 4.72 Å². The first-order valence-electron chi connectivity index (χ1n) is 8.61. The lowest BCUT2D eigenvalue weighted by Crippen LogP contribution is -2.52. The molecule has 0 saturated carbocycles. The summed E-state index contributed by atoms with van der Waals surface area (Å²) in [4.78, 5) is 14.5. The molecule has 0 radical (unpaired) electrons. The summed E-state index contributed by atoms with van der Waals surface area (Å²) in [5.74, 6) is 0.0783. The molecule has 0 spiro atoms. The van der Waals surface area contributed by atoms with Crippen LogP contribution in [-0.2, 0) is 14.8 Å². The van der Waals surface area contributed by atoms with Gasteiger partial charge in [-0.1, -0.05) is 31.5 Å². The van der Waals surface area contributed by atoms with Crippen LogP contribution in [0.15, 0.2) is 29.2 Å². The van der Waals surface area contributed by atoms with E-state index in [-0.39, 0.29) is 41.3 Å². The number of hydrogen-bond acceptors (Lipinski definition) is 5. The Morgan fingerprint density at radius 1 is 1.19 bits per heavy atom. The van der Waals surface area contributed by atoms with Crippen molar-refractivity contribution in [2.75, 3.05) is 24.6 Å². The van der Waals surface area contributed by atoms with Crippen LogP contribution in [0.25, 0.3) is 0 Å². The summed E-state index contributed by atoms with van der Waals surface area (Å²) in [7, 11) is -6.43. The predicted molar refractivity (Wildman–Crippen MR) is 104 cm³/mol. The van der Waals surface area contributed by atoms with Crippen LogP contribution in [0.2, 0.25) is 0 Å². The average molecular weight is 405 g/mol. The molecule has 0 bridgehead atoms. The molecule has 148 valence electrons. The number of nitrogens with zero attached hydrogens (tertiary/aromatic N) is 1. The van der Waals surface area contributed by atoms with Gasteiger partial charge >= 0.3 is 0 Å². The number of sulfonamides is 1. The van der Waals surface area contributed by atoms with Crippen LogP contribution in [0.5, 0.6) is 0 Å². The van der Waals surface area contributed by atoms with E-state index in [1.54, 1.807) is 12.1 Å². The summed E-state index contributed by atoms with van der Waals surface area (Å²) in [5.41, 5.74) is 0.950. The summed E-state index contributed by atoms with van der Waals surface area (Å²) in [6, 6.07) is 5.59. The monoisotopic (exact) mass is 404 g/mol. The van der Waals surface area contributed by atoms with E-state index in [1.165, 1.54) is 17.0 Å². The lowest BCUT2D eigenvalue weighted by atomic mass is 10.0. The summed E-state index contributed by atoms with van der Waals surface area (Å²) >= 11 is 0. The average Bonchev–Trinajstić information content (AvgIpc) is 2.53. The molecule has 1 aromatic rings. The SMILES string of the molecule is Cc1ccc(S(=O)(=O)N[C@@H](CC(C)C)C(=O)N2CCS(O)(O)CC2)cc1. The van der Waals surface area contributed by atoms with Crippen LogP contribution in [-0.4, -0.2) is 59.0 Å². The van der Waals surface area contributed by atoms with E-state index in [1.807, 2.05) is 20.8 Å². The lowest BCUT2D eigenvalue weighted by molar-refractivity contribution is -0.133.